The van der Waals surface area contributed by atoms with Crippen molar-refractivity contribution in [2.24, 2.45) is 0 Å². The van der Waals surface area contributed by atoms with Crippen molar-refractivity contribution in [1.82, 2.24) is 0 Å². The Morgan fingerprint density at radius 1 is 0.862 bits per heavy atom. The molecular weight excluding hydrogens is 439 g/mol. The third-order valence-corrected chi connectivity index (χ3v) is 14.0. The number of alkyl halides is 3. The Labute approximate surface area is 174 Å². The Morgan fingerprint density at radius 3 is 1.66 bits per heavy atom. The van der Waals surface area contributed by atoms with Gasteiger partial charge in [0.25, 0.3) is 0 Å². The maximum atomic E-state index is 10.7. The van der Waals surface area contributed by atoms with E-state index in [1.807, 2.05) is 0 Å². The molecule has 3 saturated heterocycles. The van der Waals surface area contributed by atoms with Crippen LogP contribution < -0.4 is 0 Å². The molecule has 0 spiro atoms. The molecule has 0 N–H and O–H groups in total. The van der Waals surface area contributed by atoms with E-state index in [9.17, 15) is 13.2 Å². The van der Waals surface area contributed by atoms with Crippen molar-refractivity contribution >= 4 is 25.3 Å². The SMILES string of the molecule is O=S(=O)([O-])C(F)(F)F.c1ccc(C[P+]23CCCCP(CCCC2)CCCC3)cc1. The topological polar surface area (TPSA) is 57.2 Å². The van der Waals surface area contributed by atoms with Gasteiger partial charge in [-0.15, -0.1) is 7.92 Å². The van der Waals surface area contributed by atoms with Crippen molar-refractivity contribution in [3.8, 4) is 0 Å². The lowest BCUT2D eigenvalue weighted by Gasteiger charge is -2.32. The van der Waals surface area contributed by atoms with E-state index in [-0.39, 0.29) is 0 Å². The average molecular weight is 470 g/mol. The van der Waals surface area contributed by atoms with E-state index in [4.69, 9.17) is 13.0 Å². The highest BCUT2D eigenvalue weighted by Gasteiger charge is 2.37. The molecule has 3 heterocycles. The quantitative estimate of drug-likeness (QED) is 0.298. The van der Waals surface area contributed by atoms with Crippen LogP contribution in [0.3, 0.4) is 0 Å². The van der Waals surface area contributed by atoms with E-state index < -0.39 is 22.9 Å². The molecule has 3 nitrogen and oxygen atoms in total. The summed E-state index contributed by atoms with van der Waals surface area (Å²) in [4.78, 5) is 0. The van der Waals surface area contributed by atoms with Gasteiger partial charge in [0.1, 0.15) is 0 Å². The van der Waals surface area contributed by atoms with E-state index in [0.717, 1.165) is 0 Å². The molecule has 3 aliphatic heterocycles. The first kappa shape index (κ1) is 25.0. The van der Waals surface area contributed by atoms with E-state index in [0.29, 0.717) is 7.92 Å². The minimum Gasteiger partial charge on any atom is -0.741 e. The zero-order valence-electron chi connectivity index (χ0n) is 16.7. The van der Waals surface area contributed by atoms with Gasteiger partial charge in [0.15, 0.2) is 10.1 Å². The third kappa shape index (κ3) is 8.81. The fraction of sp³-hybridized carbons (Fsp3) is 0.700. The summed E-state index contributed by atoms with van der Waals surface area (Å²) >= 11 is 0. The van der Waals surface area contributed by atoms with Gasteiger partial charge in [-0.05, 0) is 62.6 Å². The predicted molar refractivity (Wildman–Crippen MR) is 117 cm³/mol. The Kier molecular flexibility index (Phi) is 9.86. The highest BCUT2D eigenvalue weighted by atomic mass is 32.2. The normalized spacial score (nSPS) is 26.6. The van der Waals surface area contributed by atoms with Crippen molar-refractivity contribution in [1.29, 1.82) is 0 Å². The molecule has 3 fully saturated rings. The molecule has 1 aromatic carbocycles. The van der Waals surface area contributed by atoms with Crippen molar-refractivity contribution in [3.63, 3.8) is 0 Å². The average Bonchev–Trinajstić information content (AvgIpc) is 2.66. The molecule has 0 saturated carbocycles. The van der Waals surface area contributed by atoms with Gasteiger partial charge in [0, 0.05) is 7.26 Å². The summed E-state index contributed by atoms with van der Waals surface area (Å²) in [5.41, 5.74) is -4.02. The molecule has 0 atom stereocenters. The summed E-state index contributed by atoms with van der Waals surface area (Å²) in [6, 6.07) is 11.4. The molecule has 0 aliphatic carbocycles. The Morgan fingerprint density at radius 2 is 1.28 bits per heavy atom. The van der Waals surface area contributed by atoms with Gasteiger partial charge in [0.05, 0.1) is 24.6 Å². The molecular formula is C20H31F3O3P2S. The summed E-state index contributed by atoms with van der Waals surface area (Å²) in [5.74, 6) is 0. The van der Waals surface area contributed by atoms with Gasteiger partial charge in [-0.3, -0.25) is 0 Å². The molecule has 4 rings (SSSR count). The summed E-state index contributed by atoms with van der Waals surface area (Å²) in [5, 5.41) is 0. The molecule has 0 radical (unpaired) electrons. The molecule has 0 amide bonds. The van der Waals surface area contributed by atoms with E-state index in [1.165, 1.54) is 6.16 Å². The predicted octanol–water partition coefficient (Wildman–Crippen LogP) is 6.11. The van der Waals surface area contributed by atoms with Gasteiger partial charge in [-0.25, -0.2) is 8.42 Å². The van der Waals surface area contributed by atoms with Crippen LogP contribution in [0.1, 0.15) is 44.1 Å². The van der Waals surface area contributed by atoms with Crippen LogP contribution in [-0.2, 0) is 16.3 Å². The fourth-order valence-electron chi connectivity index (χ4n) is 4.23. The first-order chi connectivity index (χ1) is 13.6. The minimum atomic E-state index is -6.09. The highest BCUT2D eigenvalue weighted by molar-refractivity contribution is 7.86. The van der Waals surface area contributed by atoms with E-state index >= 15 is 0 Å². The number of rotatable bonds is 2. The summed E-state index contributed by atoms with van der Waals surface area (Å²) < 4.78 is 58.9. The Bertz CT molecular complexity index is 680. The van der Waals surface area contributed by atoms with E-state index in [1.54, 1.807) is 81.1 Å². The maximum absolute atomic E-state index is 10.7. The second-order valence-electron chi connectivity index (χ2n) is 8.02. The molecule has 0 aromatic heterocycles. The number of hydrogen-bond donors (Lipinski definition) is 0. The van der Waals surface area contributed by atoms with Gasteiger partial charge in [-0.1, -0.05) is 30.3 Å². The highest BCUT2D eigenvalue weighted by Crippen LogP contribution is 2.64. The van der Waals surface area contributed by atoms with Gasteiger partial charge in [0.2, 0.25) is 0 Å². The molecule has 0 unspecified atom stereocenters. The van der Waals surface area contributed by atoms with Crippen LogP contribution in [0.2, 0.25) is 0 Å². The van der Waals surface area contributed by atoms with Crippen LogP contribution in [0, 0.1) is 0 Å². The van der Waals surface area contributed by atoms with Crippen molar-refractivity contribution in [2.75, 3.05) is 37.0 Å². The molecule has 166 valence electrons. The second kappa shape index (κ2) is 11.4. The summed E-state index contributed by atoms with van der Waals surface area (Å²) in [6.07, 6.45) is 20.3. The third-order valence-electron chi connectivity index (χ3n) is 5.71. The number of hydrogen-bond acceptors (Lipinski definition) is 3. The second-order valence-corrected chi connectivity index (χ2v) is 16.4. The van der Waals surface area contributed by atoms with Crippen LogP contribution in [0.4, 0.5) is 13.2 Å². The van der Waals surface area contributed by atoms with Crippen molar-refractivity contribution < 1.29 is 26.1 Å². The molecule has 3 aliphatic rings. The molecule has 29 heavy (non-hydrogen) atoms. The first-order valence-corrected chi connectivity index (χ1v) is 16.1. The number of halogens is 3. The molecule has 2 bridgehead atoms. The molecule has 9 heteroatoms. The van der Waals surface area contributed by atoms with Crippen molar-refractivity contribution in [3.05, 3.63) is 35.9 Å². The van der Waals surface area contributed by atoms with Gasteiger partial charge >= 0.3 is 5.51 Å². The van der Waals surface area contributed by atoms with Crippen LogP contribution in [0.5, 0.6) is 0 Å². The number of fused-ring (bicyclic) bond motifs is 9. The number of benzene rings is 1. The van der Waals surface area contributed by atoms with Crippen LogP contribution in [0.25, 0.3) is 0 Å². The van der Waals surface area contributed by atoms with Gasteiger partial charge in [-0.2, -0.15) is 13.2 Å². The van der Waals surface area contributed by atoms with Crippen LogP contribution in [-0.4, -0.2) is 55.5 Å². The van der Waals surface area contributed by atoms with Crippen LogP contribution >= 0.6 is 15.2 Å². The largest absolute Gasteiger partial charge is 0.741 e. The smallest absolute Gasteiger partial charge is 0.485 e. The Hall–Kier alpha value is -0.220. The lowest BCUT2D eigenvalue weighted by molar-refractivity contribution is -0.0517. The fourth-order valence-corrected chi connectivity index (χ4v) is 11.7. The first-order valence-electron chi connectivity index (χ1n) is 10.2. The van der Waals surface area contributed by atoms with Crippen LogP contribution in [0.15, 0.2) is 30.3 Å². The zero-order valence-corrected chi connectivity index (χ0v) is 19.3. The standard InChI is InChI=1S/C19H31P2.CHF3O3S/c1-2-10-19(11-3-1)18-21-15-7-4-12-20(13-5-8-16-21)14-6-9-17-21;2-1(3,4)8(5,6)7/h1-3,10-11H,4-9,12-18H2;(H,5,6,7)/q+1;/p-1. The summed E-state index contributed by atoms with van der Waals surface area (Å²) in [6.45, 7) is 0. The van der Waals surface area contributed by atoms with Gasteiger partial charge < -0.3 is 4.55 Å². The van der Waals surface area contributed by atoms with Crippen molar-refractivity contribution in [2.45, 2.75) is 50.2 Å². The summed E-state index contributed by atoms with van der Waals surface area (Å²) in [7, 11) is -6.38. The van der Waals surface area contributed by atoms with E-state index in [2.05, 4.69) is 30.3 Å². The molecule has 1 aromatic rings. The monoisotopic (exact) mass is 470 g/mol. The lowest BCUT2D eigenvalue weighted by Crippen LogP contribution is -2.21. The zero-order chi connectivity index (χ0) is 21.4. The Balaban J connectivity index is 0.000000321. The minimum absolute atomic E-state index is 0.422. The lowest BCUT2D eigenvalue weighted by atomic mass is 10.2. The maximum Gasteiger partial charge on any atom is 0.485 e.